The lowest BCUT2D eigenvalue weighted by atomic mass is 10.0. The largest absolute Gasteiger partial charge is 0.338 e. The van der Waals surface area contributed by atoms with Crippen LogP contribution in [0.5, 0.6) is 0 Å². The minimum Gasteiger partial charge on any atom is -0.338 e. The quantitative estimate of drug-likeness (QED) is 0.436. The molecule has 0 aliphatic heterocycles. The Labute approximate surface area is 151 Å². The number of hydrogen-bond donors (Lipinski definition) is 1. The van der Waals surface area contributed by atoms with Gasteiger partial charge in [0.15, 0.2) is 0 Å². The number of nitrogens with one attached hydrogen (secondary N) is 1. The highest BCUT2D eigenvalue weighted by Crippen LogP contribution is 2.16. The maximum Gasteiger partial charge on any atom is 0.259 e. The highest BCUT2D eigenvalue weighted by molar-refractivity contribution is 6.02. The van der Waals surface area contributed by atoms with Crippen LogP contribution in [0.15, 0.2) is 84.1 Å². The molecule has 0 atom stereocenters. The van der Waals surface area contributed by atoms with E-state index in [2.05, 4.69) is 34.8 Å². The summed E-state index contributed by atoms with van der Waals surface area (Å²) in [6.07, 6.45) is 1.92. The minimum atomic E-state index is -0.147. The van der Waals surface area contributed by atoms with E-state index in [-0.39, 0.29) is 12.5 Å². The zero-order valence-electron chi connectivity index (χ0n) is 14.5. The second-order valence-corrected chi connectivity index (χ2v) is 6.30. The topological polar surface area (TPSA) is 46.4 Å². The van der Waals surface area contributed by atoms with Crippen LogP contribution in [-0.4, -0.2) is 16.2 Å². The molecule has 0 saturated carbocycles. The van der Waals surface area contributed by atoms with Crippen LogP contribution in [0, 0.1) is 0 Å². The maximum absolute atomic E-state index is 12.3. The molecule has 26 heavy (non-hydrogen) atoms. The van der Waals surface area contributed by atoms with Crippen molar-refractivity contribution in [3.05, 3.63) is 84.6 Å². The summed E-state index contributed by atoms with van der Waals surface area (Å²) in [5, 5.41) is 7.73. The van der Waals surface area contributed by atoms with Crippen molar-refractivity contribution < 1.29 is 4.79 Å². The third-order valence-electron chi connectivity index (χ3n) is 4.51. The number of carbonyl (C=O) groups is 1. The van der Waals surface area contributed by atoms with Crippen LogP contribution in [0.2, 0.25) is 0 Å². The van der Waals surface area contributed by atoms with E-state index in [9.17, 15) is 4.79 Å². The number of amides is 1. The standard InChI is InChI=1S/C22H19N3O/c1-16(19-11-10-17-6-2-3-8-20(17)14-19)23-24-22(26)15-25-13-12-18-7-4-5-9-21(18)25/h2-14H,15H2,1H3,(H,24,26)/b23-16+. The third-order valence-corrected chi connectivity index (χ3v) is 4.51. The molecule has 0 spiro atoms. The number of hydrazone groups is 1. The number of para-hydroxylation sites is 1. The minimum absolute atomic E-state index is 0.147. The molecule has 4 heteroatoms. The number of carbonyl (C=O) groups excluding carboxylic acids is 1. The fraction of sp³-hybridized carbons (Fsp3) is 0.0909. The first-order chi connectivity index (χ1) is 12.7. The summed E-state index contributed by atoms with van der Waals surface area (Å²) >= 11 is 0. The molecule has 4 rings (SSSR count). The molecule has 128 valence electrons. The fourth-order valence-corrected chi connectivity index (χ4v) is 3.09. The number of aromatic nitrogens is 1. The molecule has 0 fully saturated rings. The molecule has 0 aliphatic rings. The van der Waals surface area contributed by atoms with E-state index in [1.165, 1.54) is 5.39 Å². The van der Waals surface area contributed by atoms with Gasteiger partial charge in [0.2, 0.25) is 0 Å². The molecule has 1 heterocycles. The van der Waals surface area contributed by atoms with E-state index in [1.807, 2.05) is 66.2 Å². The third kappa shape index (κ3) is 3.22. The van der Waals surface area contributed by atoms with Crippen molar-refractivity contribution in [3.63, 3.8) is 0 Å². The Morgan fingerprint density at radius 3 is 2.50 bits per heavy atom. The predicted molar refractivity (Wildman–Crippen MR) is 106 cm³/mol. The smallest absolute Gasteiger partial charge is 0.259 e. The monoisotopic (exact) mass is 341 g/mol. The van der Waals surface area contributed by atoms with Crippen LogP contribution >= 0.6 is 0 Å². The first-order valence-corrected chi connectivity index (χ1v) is 8.57. The van der Waals surface area contributed by atoms with Gasteiger partial charge in [0.25, 0.3) is 5.91 Å². The van der Waals surface area contributed by atoms with Crippen molar-refractivity contribution >= 4 is 33.3 Å². The molecule has 3 aromatic carbocycles. The Morgan fingerprint density at radius 1 is 0.923 bits per heavy atom. The van der Waals surface area contributed by atoms with E-state index < -0.39 is 0 Å². The molecular formula is C22H19N3O. The predicted octanol–water partition coefficient (Wildman–Crippen LogP) is 4.33. The highest BCUT2D eigenvalue weighted by Gasteiger charge is 2.06. The number of rotatable bonds is 4. The Kier molecular flexibility index (Phi) is 4.23. The van der Waals surface area contributed by atoms with Crippen LogP contribution in [0.1, 0.15) is 12.5 Å². The van der Waals surface area contributed by atoms with Crippen LogP contribution < -0.4 is 5.43 Å². The second kappa shape index (κ2) is 6.84. The summed E-state index contributed by atoms with van der Waals surface area (Å²) in [6, 6.07) is 24.4. The number of nitrogens with zero attached hydrogens (tertiary/aromatic N) is 2. The van der Waals surface area contributed by atoms with Crippen LogP contribution in [0.3, 0.4) is 0 Å². The lowest BCUT2D eigenvalue weighted by molar-refractivity contribution is -0.121. The number of hydrogen-bond acceptors (Lipinski definition) is 2. The summed E-state index contributed by atoms with van der Waals surface area (Å²) in [6.45, 7) is 2.14. The van der Waals surface area contributed by atoms with Crippen LogP contribution in [0.25, 0.3) is 21.7 Å². The van der Waals surface area contributed by atoms with E-state index >= 15 is 0 Å². The van der Waals surface area contributed by atoms with Gasteiger partial charge < -0.3 is 4.57 Å². The molecule has 1 N–H and O–H groups in total. The Morgan fingerprint density at radius 2 is 1.65 bits per heavy atom. The van der Waals surface area contributed by atoms with Gasteiger partial charge >= 0.3 is 0 Å². The lowest BCUT2D eigenvalue weighted by Crippen LogP contribution is -2.23. The Bertz CT molecular complexity index is 1120. The molecule has 0 aliphatic carbocycles. The lowest BCUT2D eigenvalue weighted by Gasteiger charge is -2.06. The normalized spacial score (nSPS) is 11.8. The van der Waals surface area contributed by atoms with Crippen molar-refractivity contribution in [2.24, 2.45) is 5.10 Å². The first-order valence-electron chi connectivity index (χ1n) is 8.57. The molecule has 4 aromatic rings. The molecule has 0 unspecified atom stereocenters. The van der Waals surface area contributed by atoms with Crippen molar-refractivity contribution in [2.45, 2.75) is 13.5 Å². The fourth-order valence-electron chi connectivity index (χ4n) is 3.09. The van der Waals surface area contributed by atoms with E-state index in [4.69, 9.17) is 0 Å². The second-order valence-electron chi connectivity index (χ2n) is 6.30. The maximum atomic E-state index is 12.3. The van der Waals surface area contributed by atoms with E-state index in [0.717, 1.165) is 27.6 Å². The average Bonchev–Trinajstić information content (AvgIpc) is 3.08. The highest BCUT2D eigenvalue weighted by atomic mass is 16.2. The van der Waals surface area contributed by atoms with Gasteiger partial charge in [-0.3, -0.25) is 4.79 Å². The molecule has 0 bridgehead atoms. The van der Waals surface area contributed by atoms with Gasteiger partial charge in [-0.1, -0.05) is 54.6 Å². The van der Waals surface area contributed by atoms with E-state index in [0.29, 0.717) is 0 Å². The van der Waals surface area contributed by atoms with Gasteiger partial charge in [0, 0.05) is 11.7 Å². The summed E-state index contributed by atoms with van der Waals surface area (Å²) in [5.41, 5.74) is 5.47. The molecule has 1 aromatic heterocycles. The molecule has 1 amide bonds. The first kappa shape index (κ1) is 16.1. The Balaban J connectivity index is 1.48. The zero-order chi connectivity index (χ0) is 17.9. The van der Waals surface area contributed by atoms with Crippen LogP contribution in [0.4, 0.5) is 0 Å². The number of benzene rings is 3. The van der Waals surface area contributed by atoms with Crippen molar-refractivity contribution in [2.75, 3.05) is 0 Å². The summed E-state index contributed by atoms with van der Waals surface area (Å²) < 4.78 is 1.92. The summed E-state index contributed by atoms with van der Waals surface area (Å²) in [7, 11) is 0. The Hall–Kier alpha value is -3.40. The van der Waals surface area contributed by atoms with Gasteiger partial charge in [-0.2, -0.15) is 5.10 Å². The van der Waals surface area contributed by atoms with Gasteiger partial charge in [-0.15, -0.1) is 0 Å². The van der Waals surface area contributed by atoms with Gasteiger partial charge in [0.1, 0.15) is 6.54 Å². The zero-order valence-corrected chi connectivity index (χ0v) is 14.5. The van der Waals surface area contributed by atoms with Gasteiger partial charge in [0.05, 0.1) is 5.71 Å². The van der Waals surface area contributed by atoms with Crippen molar-refractivity contribution in [1.82, 2.24) is 9.99 Å². The van der Waals surface area contributed by atoms with Crippen molar-refractivity contribution in [3.8, 4) is 0 Å². The van der Waals surface area contributed by atoms with Crippen LogP contribution in [-0.2, 0) is 11.3 Å². The van der Waals surface area contributed by atoms with E-state index in [1.54, 1.807) is 0 Å². The number of fused-ring (bicyclic) bond motifs is 2. The molecule has 0 saturated heterocycles. The molecular weight excluding hydrogens is 322 g/mol. The summed E-state index contributed by atoms with van der Waals surface area (Å²) in [4.78, 5) is 12.3. The molecule has 0 radical (unpaired) electrons. The van der Waals surface area contributed by atoms with Gasteiger partial charge in [-0.05, 0) is 46.8 Å². The van der Waals surface area contributed by atoms with Gasteiger partial charge in [-0.25, -0.2) is 5.43 Å². The van der Waals surface area contributed by atoms with Crippen molar-refractivity contribution in [1.29, 1.82) is 0 Å². The summed E-state index contributed by atoms with van der Waals surface area (Å²) in [5.74, 6) is -0.147. The molecule has 4 nitrogen and oxygen atoms in total. The SMILES string of the molecule is C/C(=N\NC(=O)Cn1ccc2ccccc21)c1ccc2ccccc2c1. The average molecular weight is 341 g/mol.